The first kappa shape index (κ1) is 19.9. The third kappa shape index (κ3) is 4.01. The highest BCUT2D eigenvalue weighted by Crippen LogP contribution is 2.46. The molecule has 0 unspecified atom stereocenters. The second-order valence-corrected chi connectivity index (χ2v) is 10.3. The normalized spacial score (nSPS) is 21.0. The predicted octanol–water partition coefficient (Wildman–Crippen LogP) is 6.61. The second kappa shape index (κ2) is 8.14. The maximum Gasteiger partial charge on any atom is 0.0514 e. The summed E-state index contributed by atoms with van der Waals surface area (Å²) in [6.07, 6.45) is 6.43. The molecule has 0 spiro atoms. The van der Waals surface area contributed by atoms with E-state index in [1.807, 2.05) is 6.20 Å². The molecule has 2 aliphatic rings. The molecule has 2 nitrogen and oxygen atoms in total. The number of hydrogen-bond acceptors (Lipinski definition) is 2. The van der Waals surface area contributed by atoms with Crippen LogP contribution < -0.4 is 0 Å². The van der Waals surface area contributed by atoms with E-state index in [2.05, 4.69) is 68.8 Å². The highest BCUT2D eigenvalue weighted by atomic mass is 79.9. The van der Waals surface area contributed by atoms with Crippen molar-refractivity contribution in [3.63, 3.8) is 0 Å². The topological polar surface area (TPSA) is 16.1 Å². The van der Waals surface area contributed by atoms with Crippen molar-refractivity contribution in [1.29, 1.82) is 0 Å². The van der Waals surface area contributed by atoms with Crippen LogP contribution in [0.4, 0.5) is 0 Å². The average Bonchev–Trinajstić information content (AvgIpc) is 2.78. The van der Waals surface area contributed by atoms with E-state index in [1.165, 1.54) is 48.3 Å². The fraction of sp³-hybridized carbons (Fsp3) is 0.500. The van der Waals surface area contributed by atoms with Gasteiger partial charge < -0.3 is 4.90 Å². The van der Waals surface area contributed by atoms with Gasteiger partial charge in [0.25, 0.3) is 0 Å². The molecule has 0 radical (unpaired) electrons. The number of piperidine rings is 1. The molecule has 0 N–H and O–H groups in total. The van der Waals surface area contributed by atoms with E-state index in [-0.39, 0.29) is 0 Å². The molecular weight excluding hydrogens is 488 g/mol. The Kier molecular flexibility index (Phi) is 5.99. The summed E-state index contributed by atoms with van der Waals surface area (Å²) >= 11 is 13.9. The minimum Gasteiger partial charge on any atom is -0.301 e. The van der Waals surface area contributed by atoms with E-state index in [4.69, 9.17) is 16.6 Å². The molecule has 144 valence electrons. The van der Waals surface area contributed by atoms with Crippen molar-refractivity contribution in [2.45, 2.75) is 51.5 Å². The molecule has 5 heteroatoms. The Morgan fingerprint density at radius 2 is 1.78 bits per heavy atom. The van der Waals surface area contributed by atoms with Gasteiger partial charge in [0.2, 0.25) is 0 Å². The van der Waals surface area contributed by atoms with Gasteiger partial charge in [-0.25, -0.2) is 0 Å². The number of fused-ring (bicyclic) bond motifs is 2. The lowest BCUT2D eigenvalue weighted by Crippen LogP contribution is -2.40. The number of benzene rings is 1. The fourth-order valence-corrected chi connectivity index (χ4v) is 6.30. The lowest BCUT2D eigenvalue weighted by molar-refractivity contribution is 0.142. The van der Waals surface area contributed by atoms with Gasteiger partial charge in [0.05, 0.1) is 5.69 Å². The maximum atomic E-state index is 6.40. The zero-order valence-corrected chi connectivity index (χ0v) is 19.7. The number of aryl methyl sites for hydroxylation is 2. The Morgan fingerprint density at radius 1 is 1.07 bits per heavy atom. The van der Waals surface area contributed by atoms with E-state index >= 15 is 0 Å². The van der Waals surface area contributed by atoms with E-state index in [0.29, 0.717) is 17.9 Å². The summed E-state index contributed by atoms with van der Waals surface area (Å²) in [6.45, 7) is 6.94. The van der Waals surface area contributed by atoms with E-state index < -0.39 is 0 Å². The summed E-state index contributed by atoms with van der Waals surface area (Å²) in [5, 5.41) is 0.814. The van der Waals surface area contributed by atoms with Gasteiger partial charge in [-0.15, -0.1) is 0 Å². The highest BCUT2D eigenvalue weighted by molar-refractivity contribution is 9.10. The quantitative estimate of drug-likeness (QED) is 0.450. The molecule has 4 rings (SSSR count). The molecule has 0 amide bonds. The SMILES string of the molecule is CC(C)N1CCC([C@H]2c3ncc(Br)cc3CCc3cc(Cl)cc(Br)c32)CC1. The van der Waals surface area contributed by atoms with Crippen molar-refractivity contribution in [3.05, 3.63) is 60.7 Å². The molecule has 2 aromatic rings. The van der Waals surface area contributed by atoms with Crippen molar-refractivity contribution >= 4 is 43.5 Å². The molecular formula is C22H25Br2ClN2. The summed E-state index contributed by atoms with van der Waals surface area (Å²) in [5.41, 5.74) is 5.43. The summed E-state index contributed by atoms with van der Waals surface area (Å²) in [6, 6.07) is 7.11. The summed E-state index contributed by atoms with van der Waals surface area (Å²) in [5.74, 6) is 0.952. The number of hydrogen-bond donors (Lipinski definition) is 0. The van der Waals surface area contributed by atoms with Crippen LogP contribution in [0, 0.1) is 5.92 Å². The van der Waals surface area contributed by atoms with Crippen LogP contribution in [-0.4, -0.2) is 29.0 Å². The van der Waals surface area contributed by atoms with Crippen LogP contribution in [0.3, 0.4) is 0 Å². The van der Waals surface area contributed by atoms with Crippen LogP contribution in [0.5, 0.6) is 0 Å². The molecule has 1 fully saturated rings. The molecule has 1 aliphatic carbocycles. The second-order valence-electron chi connectivity index (χ2n) is 8.10. The van der Waals surface area contributed by atoms with Crippen molar-refractivity contribution in [2.24, 2.45) is 5.92 Å². The third-order valence-corrected chi connectivity index (χ3v) is 7.50. The molecule has 1 saturated heterocycles. The first-order valence-corrected chi connectivity index (χ1v) is 11.8. The van der Waals surface area contributed by atoms with Crippen molar-refractivity contribution in [2.75, 3.05) is 13.1 Å². The molecule has 1 aromatic heterocycles. The minimum atomic E-state index is 0.339. The minimum absolute atomic E-state index is 0.339. The Balaban J connectivity index is 1.79. The van der Waals surface area contributed by atoms with Crippen molar-refractivity contribution in [1.82, 2.24) is 9.88 Å². The Hall–Kier alpha value is -0.420. The van der Waals surface area contributed by atoms with Gasteiger partial charge in [0.1, 0.15) is 0 Å². The van der Waals surface area contributed by atoms with Crippen LogP contribution in [0.2, 0.25) is 5.02 Å². The van der Waals surface area contributed by atoms with Gasteiger partial charge in [0.15, 0.2) is 0 Å². The smallest absolute Gasteiger partial charge is 0.0514 e. The van der Waals surface area contributed by atoms with Crippen molar-refractivity contribution < 1.29 is 0 Å². The van der Waals surface area contributed by atoms with Gasteiger partial charge in [-0.3, -0.25) is 4.98 Å². The Bertz CT molecular complexity index is 844. The number of nitrogens with zero attached hydrogens (tertiary/aromatic N) is 2. The number of halogens is 3. The first-order valence-electron chi connectivity index (χ1n) is 9.80. The standard InChI is InChI=1S/C22H25Br2ClN2/c1-13(2)27-7-5-14(6-8-27)21-20-15(10-18(25)11-19(20)24)3-4-16-9-17(23)12-26-22(16)21/h9-14,21H,3-8H2,1-2H3/t21-/m1/s1. The van der Waals surface area contributed by atoms with Gasteiger partial charge >= 0.3 is 0 Å². The third-order valence-electron chi connectivity index (χ3n) is 6.19. The monoisotopic (exact) mass is 510 g/mol. The molecule has 1 atom stereocenters. The predicted molar refractivity (Wildman–Crippen MR) is 120 cm³/mol. The molecule has 27 heavy (non-hydrogen) atoms. The van der Waals surface area contributed by atoms with Crippen molar-refractivity contribution in [3.8, 4) is 0 Å². The largest absolute Gasteiger partial charge is 0.301 e. The molecule has 2 heterocycles. The first-order chi connectivity index (χ1) is 12.9. The number of rotatable bonds is 2. The van der Waals surface area contributed by atoms with E-state index in [1.54, 1.807) is 0 Å². The van der Waals surface area contributed by atoms with Crippen LogP contribution in [0.25, 0.3) is 0 Å². The van der Waals surface area contributed by atoms with Gasteiger partial charge in [-0.1, -0.05) is 27.5 Å². The van der Waals surface area contributed by atoms with Gasteiger partial charge in [0, 0.05) is 32.1 Å². The fourth-order valence-electron chi connectivity index (χ4n) is 4.80. The molecule has 0 saturated carbocycles. The van der Waals surface area contributed by atoms with E-state index in [9.17, 15) is 0 Å². The average molecular weight is 513 g/mol. The van der Waals surface area contributed by atoms with Crippen LogP contribution in [0.1, 0.15) is 55.0 Å². The lowest BCUT2D eigenvalue weighted by Gasteiger charge is -2.38. The maximum absolute atomic E-state index is 6.40. The van der Waals surface area contributed by atoms with Gasteiger partial charge in [-0.2, -0.15) is 0 Å². The highest BCUT2D eigenvalue weighted by Gasteiger charge is 2.35. The summed E-state index contributed by atoms with van der Waals surface area (Å²) < 4.78 is 2.21. The Morgan fingerprint density at radius 3 is 2.48 bits per heavy atom. The number of likely N-dealkylation sites (tertiary alicyclic amines) is 1. The summed E-state index contributed by atoms with van der Waals surface area (Å²) in [4.78, 5) is 7.54. The zero-order chi connectivity index (χ0) is 19.1. The van der Waals surface area contributed by atoms with Crippen LogP contribution in [-0.2, 0) is 12.8 Å². The zero-order valence-electron chi connectivity index (χ0n) is 15.8. The van der Waals surface area contributed by atoms with E-state index in [0.717, 1.165) is 26.8 Å². The number of pyridine rings is 1. The molecule has 1 aliphatic heterocycles. The lowest BCUT2D eigenvalue weighted by atomic mass is 9.76. The Labute approximate surface area is 184 Å². The number of aromatic nitrogens is 1. The van der Waals surface area contributed by atoms with Crippen LogP contribution >= 0.6 is 43.5 Å². The van der Waals surface area contributed by atoms with Gasteiger partial charge in [-0.05, 0) is 109 Å². The van der Waals surface area contributed by atoms with Crippen LogP contribution in [0.15, 0.2) is 33.3 Å². The summed E-state index contributed by atoms with van der Waals surface area (Å²) in [7, 11) is 0. The molecule has 0 bridgehead atoms. The molecule has 1 aromatic carbocycles.